The summed E-state index contributed by atoms with van der Waals surface area (Å²) in [7, 11) is 0. The summed E-state index contributed by atoms with van der Waals surface area (Å²) >= 11 is 7.20. The number of carbonyl (C=O) groups excluding carboxylic acids is 2. The van der Waals surface area contributed by atoms with E-state index >= 15 is 0 Å². The fourth-order valence-electron chi connectivity index (χ4n) is 0.524. The monoisotopic (exact) mass is 241 g/mol. The highest BCUT2D eigenvalue weighted by atomic mass is 32.1. The molecule has 0 radical (unpaired) electrons. The van der Waals surface area contributed by atoms with Crippen molar-refractivity contribution in [3.8, 4) is 0 Å². The lowest BCUT2D eigenvalue weighted by molar-refractivity contribution is -0.316. The Morgan fingerprint density at radius 2 is 1.57 bits per heavy atom. The van der Waals surface area contributed by atoms with Gasteiger partial charge in [0.1, 0.15) is 6.54 Å². The fourth-order valence-corrected chi connectivity index (χ4v) is 0.654. The van der Waals surface area contributed by atoms with Gasteiger partial charge in [0.2, 0.25) is 0 Å². The third-order valence-corrected chi connectivity index (χ3v) is 1.58. The summed E-state index contributed by atoms with van der Waals surface area (Å²) in [6.07, 6.45) is 0. The zero-order chi connectivity index (χ0) is 11.2. The van der Waals surface area contributed by atoms with Gasteiger partial charge in [-0.1, -0.05) is 0 Å². The van der Waals surface area contributed by atoms with Crippen molar-refractivity contribution >= 4 is 37.2 Å². The lowest BCUT2D eigenvalue weighted by atomic mass is 10.5. The van der Waals surface area contributed by atoms with Crippen LogP contribution >= 0.6 is 25.3 Å². The average molecular weight is 241 g/mol. The first-order valence-corrected chi connectivity index (χ1v) is 4.81. The van der Waals surface area contributed by atoms with Gasteiger partial charge in [-0.15, -0.1) is 0 Å². The topological polar surface area (TPSA) is 98.9 Å². The molecule has 0 aromatic carbocycles. The summed E-state index contributed by atoms with van der Waals surface area (Å²) in [6.45, 7) is -0.563. The standard InChI is InChI=1S/C6H11NO5S2/c7-3-6(10,11-4(8)1-13)12-5(9)2-14/h10,13-14H,1-3,7H2. The Labute approximate surface area is 91.6 Å². The fraction of sp³-hybridized carbons (Fsp3) is 0.667. The number of nitrogens with two attached hydrogens (primary N) is 1. The van der Waals surface area contributed by atoms with Crippen molar-refractivity contribution in [2.45, 2.75) is 5.97 Å². The molecule has 3 N–H and O–H groups in total. The number of hydrogen-bond acceptors (Lipinski definition) is 8. The molecule has 0 fully saturated rings. The van der Waals surface area contributed by atoms with Gasteiger partial charge in [-0.25, -0.2) is 0 Å². The van der Waals surface area contributed by atoms with Crippen molar-refractivity contribution in [3.05, 3.63) is 0 Å². The van der Waals surface area contributed by atoms with Crippen molar-refractivity contribution < 1.29 is 24.2 Å². The van der Waals surface area contributed by atoms with E-state index < -0.39 is 24.5 Å². The molecule has 0 spiro atoms. The Kier molecular flexibility index (Phi) is 5.93. The minimum atomic E-state index is -2.43. The number of ether oxygens (including phenoxy) is 2. The molecule has 0 aliphatic heterocycles. The lowest BCUT2D eigenvalue weighted by Gasteiger charge is -2.24. The first kappa shape index (κ1) is 13.6. The van der Waals surface area contributed by atoms with Crippen LogP contribution in [0.15, 0.2) is 0 Å². The number of rotatable bonds is 5. The number of thiol groups is 2. The molecule has 0 amide bonds. The molecule has 0 bridgehead atoms. The Bertz CT molecular complexity index is 204. The predicted molar refractivity (Wildman–Crippen MR) is 53.9 cm³/mol. The van der Waals surface area contributed by atoms with E-state index in [0.29, 0.717) is 0 Å². The van der Waals surface area contributed by atoms with Crippen LogP contribution in [0.1, 0.15) is 0 Å². The molecule has 0 saturated heterocycles. The smallest absolute Gasteiger partial charge is 0.386 e. The Morgan fingerprint density at radius 1 is 1.21 bits per heavy atom. The van der Waals surface area contributed by atoms with Crippen LogP contribution in [0.3, 0.4) is 0 Å². The zero-order valence-corrected chi connectivity index (χ0v) is 8.96. The van der Waals surface area contributed by atoms with Crippen molar-refractivity contribution in [1.82, 2.24) is 0 Å². The molecule has 82 valence electrons. The van der Waals surface area contributed by atoms with E-state index in [0.717, 1.165) is 0 Å². The normalized spacial score (nSPS) is 10.9. The second-order valence-electron chi connectivity index (χ2n) is 2.18. The van der Waals surface area contributed by atoms with Gasteiger partial charge >= 0.3 is 17.9 Å². The maximum absolute atomic E-state index is 10.7. The average Bonchev–Trinajstić information content (AvgIpc) is 2.17. The Morgan fingerprint density at radius 3 is 1.79 bits per heavy atom. The molecule has 0 atom stereocenters. The van der Waals surface area contributed by atoms with Crippen LogP contribution < -0.4 is 5.73 Å². The van der Waals surface area contributed by atoms with Gasteiger partial charge in [0.05, 0.1) is 11.5 Å². The van der Waals surface area contributed by atoms with Crippen LogP contribution in [0, 0.1) is 0 Å². The van der Waals surface area contributed by atoms with Gasteiger partial charge in [0.15, 0.2) is 0 Å². The van der Waals surface area contributed by atoms with E-state index in [1.165, 1.54) is 0 Å². The quantitative estimate of drug-likeness (QED) is 0.267. The van der Waals surface area contributed by atoms with E-state index in [1.54, 1.807) is 0 Å². The third kappa shape index (κ3) is 4.70. The van der Waals surface area contributed by atoms with Crippen molar-refractivity contribution in [2.75, 3.05) is 18.1 Å². The molecule has 0 heterocycles. The van der Waals surface area contributed by atoms with Crippen molar-refractivity contribution in [1.29, 1.82) is 0 Å². The summed E-state index contributed by atoms with van der Waals surface area (Å²) in [4.78, 5) is 21.5. The summed E-state index contributed by atoms with van der Waals surface area (Å²) in [5.74, 6) is -4.66. The highest BCUT2D eigenvalue weighted by molar-refractivity contribution is 7.81. The van der Waals surface area contributed by atoms with Gasteiger partial charge in [0.25, 0.3) is 0 Å². The second-order valence-corrected chi connectivity index (χ2v) is 2.81. The van der Waals surface area contributed by atoms with Gasteiger partial charge in [-0.05, 0) is 0 Å². The van der Waals surface area contributed by atoms with Crippen LogP contribution in [0.2, 0.25) is 0 Å². The SMILES string of the molecule is NCC(O)(OC(=O)CS)OC(=O)CS. The van der Waals surface area contributed by atoms with Crippen molar-refractivity contribution in [3.63, 3.8) is 0 Å². The molecule has 0 rings (SSSR count). The van der Waals surface area contributed by atoms with Gasteiger partial charge in [-0.3, -0.25) is 9.59 Å². The highest BCUT2D eigenvalue weighted by Gasteiger charge is 2.34. The summed E-state index contributed by atoms with van der Waals surface area (Å²) < 4.78 is 8.69. The molecule has 14 heavy (non-hydrogen) atoms. The van der Waals surface area contributed by atoms with E-state index in [2.05, 4.69) is 34.7 Å². The zero-order valence-electron chi connectivity index (χ0n) is 7.17. The second kappa shape index (κ2) is 6.12. The third-order valence-electron chi connectivity index (χ3n) is 1.06. The molecule has 0 aromatic heterocycles. The highest BCUT2D eigenvalue weighted by Crippen LogP contribution is 2.09. The van der Waals surface area contributed by atoms with Crippen LogP contribution in [-0.2, 0) is 19.1 Å². The van der Waals surface area contributed by atoms with E-state index in [1.807, 2.05) is 0 Å². The number of carbonyl (C=O) groups is 2. The molecule has 8 heteroatoms. The minimum Gasteiger partial charge on any atom is -0.396 e. The van der Waals surface area contributed by atoms with E-state index in [-0.39, 0.29) is 11.5 Å². The molecule has 0 aliphatic rings. The summed E-state index contributed by atoms with van der Waals surface area (Å²) in [5, 5.41) is 9.34. The van der Waals surface area contributed by atoms with E-state index in [4.69, 9.17) is 5.73 Å². The molecule has 6 nitrogen and oxygen atoms in total. The first-order valence-electron chi connectivity index (χ1n) is 3.55. The van der Waals surface area contributed by atoms with Crippen molar-refractivity contribution in [2.24, 2.45) is 5.73 Å². The van der Waals surface area contributed by atoms with Gasteiger partial charge in [0, 0.05) is 0 Å². The maximum Gasteiger partial charge on any atom is 0.386 e. The predicted octanol–water partition coefficient (Wildman–Crippen LogP) is -1.46. The Hall–Kier alpha value is -0.440. The van der Waals surface area contributed by atoms with Crippen LogP contribution in [-0.4, -0.2) is 41.1 Å². The lowest BCUT2D eigenvalue weighted by Crippen LogP contribution is -2.47. The maximum atomic E-state index is 10.7. The van der Waals surface area contributed by atoms with Gasteiger partial charge < -0.3 is 20.3 Å². The Balaban J connectivity index is 4.31. The minimum absolute atomic E-state index is 0.263. The first-order chi connectivity index (χ1) is 6.47. The van der Waals surface area contributed by atoms with Crippen LogP contribution in [0.4, 0.5) is 0 Å². The molecule has 0 aliphatic carbocycles. The molecular formula is C6H11NO5S2. The number of hydrogen-bond donors (Lipinski definition) is 4. The molecule has 0 aromatic rings. The van der Waals surface area contributed by atoms with Gasteiger partial charge in [-0.2, -0.15) is 25.3 Å². The van der Waals surface area contributed by atoms with Crippen LogP contribution in [0.5, 0.6) is 0 Å². The summed E-state index contributed by atoms with van der Waals surface area (Å²) in [6, 6.07) is 0. The van der Waals surface area contributed by atoms with Crippen LogP contribution in [0.25, 0.3) is 0 Å². The summed E-state index contributed by atoms with van der Waals surface area (Å²) in [5.41, 5.74) is 5.06. The number of aliphatic hydroxyl groups is 1. The largest absolute Gasteiger partial charge is 0.396 e. The molecular weight excluding hydrogens is 230 g/mol. The molecule has 0 saturated carbocycles. The molecule has 0 unspecified atom stereocenters. The van der Waals surface area contributed by atoms with E-state index in [9.17, 15) is 14.7 Å². The number of esters is 2.